The minimum absolute atomic E-state index is 0.0561. The SMILES string of the molecule is COc1cccc(/C=N\NC(=O)Cc2nnc(NC(=O)c3cccc(C)c3)s2)c1O. The number of anilines is 1. The van der Waals surface area contributed by atoms with Gasteiger partial charge in [-0.25, -0.2) is 5.43 Å². The molecule has 0 saturated carbocycles. The van der Waals surface area contributed by atoms with E-state index >= 15 is 0 Å². The molecule has 3 N–H and O–H groups in total. The van der Waals surface area contributed by atoms with Crippen LogP contribution in [0.4, 0.5) is 5.13 Å². The topological polar surface area (TPSA) is 126 Å². The number of phenolic OH excluding ortho intramolecular Hbond substituents is 1. The molecule has 0 spiro atoms. The lowest BCUT2D eigenvalue weighted by Crippen LogP contribution is -2.19. The first-order valence-electron chi connectivity index (χ1n) is 8.84. The number of ether oxygens (including phenoxy) is 1. The second-order valence-corrected chi connectivity index (χ2v) is 7.25. The van der Waals surface area contributed by atoms with Crippen LogP contribution in [0, 0.1) is 6.92 Å². The average molecular weight is 425 g/mol. The Labute approximate surface area is 176 Å². The molecule has 0 radical (unpaired) electrons. The zero-order valence-electron chi connectivity index (χ0n) is 16.2. The lowest BCUT2D eigenvalue weighted by molar-refractivity contribution is -0.120. The Hall–Kier alpha value is -3.79. The molecule has 3 aromatic rings. The van der Waals surface area contributed by atoms with Crippen molar-refractivity contribution in [3.63, 3.8) is 0 Å². The fourth-order valence-electron chi connectivity index (χ4n) is 2.49. The largest absolute Gasteiger partial charge is 0.504 e. The van der Waals surface area contributed by atoms with Crippen LogP contribution in [-0.4, -0.2) is 40.4 Å². The summed E-state index contributed by atoms with van der Waals surface area (Å²) < 4.78 is 5.01. The quantitative estimate of drug-likeness (QED) is 0.394. The van der Waals surface area contributed by atoms with Crippen LogP contribution in [0.25, 0.3) is 0 Å². The van der Waals surface area contributed by atoms with Crippen molar-refractivity contribution in [2.45, 2.75) is 13.3 Å². The Morgan fingerprint density at radius 2 is 2.03 bits per heavy atom. The second kappa shape index (κ2) is 9.61. The third kappa shape index (κ3) is 5.39. The molecule has 1 aromatic heterocycles. The highest BCUT2D eigenvalue weighted by molar-refractivity contribution is 7.15. The third-order valence-corrected chi connectivity index (χ3v) is 4.76. The molecule has 30 heavy (non-hydrogen) atoms. The van der Waals surface area contributed by atoms with Crippen molar-refractivity contribution in [2.75, 3.05) is 12.4 Å². The number of aromatic nitrogens is 2. The maximum Gasteiger partial charge on any atom is 0.257 e. The summed E-state index contributed by atoms with van der Waals surface area (Å²) >= 11 is 1.10. The minimum atomic E-state index is -0.415. The number of carbonyl (C=O) groups is 2. The normalized spacial score (nSPS) is 10.7. The summed E-state index contributed by atoms with van der Waals surface area (Å²) in [4.78, 5) is 24.3. The van der Waals surface area contributed by atoms with Gasteiger partial charge in [-0.05, 0) is 31.2 Å². The molecule has 2 aromatic carbocycles. The maximum atomic E-state index is 12.2. The van der Waals surface area contributed by atoms with E-state index in [0.29, 0.717) is 27.0 Å². The first-order valence-corrected chi connectivity index (χ1v) is 9.66. The molecule has 154 valence electrons. The number of hydrogen-bond donors (Lipinski definition) is 3. The lowest BCUT2D eigenvalue weighted by Gasteiger charge is -2.04. The van der Waals surface area contributed by atoms with Crippen molar-refractivity contribution in [2.24, 2.45) is 5.10 Å². The number of methoxy groups -OCH3 is 1. The number of nitrogens with zero attached hydrogens (tertiary/aromatic N) is 3. The highest BCUT2D eigenvalue weighted by Gasteiger charge is 2.13. The Morgan fingerprint density at radius 3 is 2.80 bits per heavy atom. The molecule has 0 aliphatic carbocycles. The van der Waals surface area contributed by atoms with Gasteiger partial charge in [-0.3, -0.25) is 14.9 Å². The van der Waals surface area contributed by atoms with Crippen molar-refractivity contribution in [3.05, 3.63) is 64.2 Å². The molecule has 0 aliphatic rings. The summed E-state index contributed by atoms with van der Waals surface area (Å²) in [5, 5.41) is 25.0. The fourth-order valence-corrected chi connectivity index (χ4v) is 3.22. The van der Waals surface area contributed by atoms with Crippen LogP contribution < -0.4 is 15.5 Å². The van der Waals surface area contributed by atoms with Gasteiger partial charge in [0.05, 0.1) is 19.7 Å². The Kier molecular flexibility index (Phi) is 6.71. The summed E-state index contributed by atoms with van der Waals surface area (Å²) in [6.45, 7) is 1.90. The van der Waals surface area contributed by atoms with Gasteiger partial charge in [0, 0.05) is 11.1 Å². The Balaban J connectivity index is 1.54. The number of carbonyl (C=O) groups excluding carboxylic acids is 2. The fraction of sp³-hybridized carbons (Fsp3) is 0.150. The summed E-state index contributed by atoms with van der Waals surface area (Å²) in [7, 11) is 1.44. The average Bonchev–Trinajstić information content (AvgIpc) is 3.15. The highest BCUT2D eigenvalue weighted by Crippen LogP contribution is 2.27. The van der Waals surface area contributed by atoms with Crippen molar-refractivity contribution >= 4 is 34.5 Å². The maximum absolute atomic E-state index is 12.2. The van der Waals surface area contributed by atoms with Gasteiger partial charge in [0.15, 0.2) is 11.5 Å². The summed E-state index contributed by atoms with van der Waals surface area (Å²) in [6.07, 6.45) is 1.25. The van der Waals surface area contributed by atoms with E-state index in [9.17, 15) is 14.7 Å². The Morgan fingerprint density at radius 1 is 1.23 bits per heavy atom. The molecule has 0 bridgehead atoms. The first kappa shape index (κ1) is 20.9. The van der Waals surface area contributed by atoms with E-state index in [1.165, 1.54) is 13.3 Å². The van der Waals surface area contributed by atoms with Crippen molar-refractivity contribution in [3.8, 4) is 11.5 Å². The monoisotopic (exact) mass is 425 g/mol. The summed E-state index contributed by atoms with van der Waals surface area (Å²) in [5.41, 5.74) is 4.24. The standard InChI is InChI=1S/C20H19N5O4S/c1-12-5-3-6-13(9-12)19(28)22-20-25-24-17(30-20)10-16(26)23-21-11-14-7-4-8-15(29-2)18(14)27/h3-9,11,27H,10H2,1-2H3,(H,23,26)(H,22,25,28)/b21-11-. The number of amides is 2. The third-order valence-electron chi connectivity index (χ3n) is 3.92. The number of para-hydroxylation sites is 1. The lowest BCUT2D eigenvalue weighted by atomic mass is 10.1. The molecule has 0 unspecified atom stereocenters. The van der Waals surface area contributed by atoms with E-state index in [4.69, 9.17) is 4.74 Å². The zero-order valence-corrected chi connectivity index (χ0v) is 17.1. The first-order chi connectivity index (χ1) is 14.5. The molecule has 0 saturated heterocycles. The molecule has 1 heterocycles. The van der Waals surface area contributed by atoms with Gasteiger partial charge in [-0.15, -0.1) is 10.2 Å². The minimum Gasteiger partial charge on any atom is -0.504 e. The van der Waals surface area contributed by atoms with Gasteiger partial charge in [0.25, 0.3) is 5.91 Å². The molecular weight excluding hydrogens is 406 g/mol. The van der Waals surface area contributed by atoms with E-state index in [1.54, 1.807) is 36.4 Å². The van der Waals surface area contributed by atoms with E-state index in [1.807, 2.05) is 13.0 Å². The highest BCUT2D eigenvalue weighted by atomic mass is 32.1. The summed E-state index contributed by atoms with van der Waals surface area (Å²) in [5.74, 6) is -0.481. The van der Waals surface area contributed by atoms with Crippen LogP contribution in [0.5, 0.6) is 11.5 Å². The predicted octanol–water partition coefficient (Wildman–Crippen LogP) is 2.51. The zero-order chi connectivity index (χ0) is 21.5. The van der Waals surface area contributed by atoms with E-state index in [-0.39, 0.29) is 18.1 Å². The predicted molar refractivity (Wildman–Crippen MR) is 113 cm³/mol. The van der Waals surface area contributed by atoms with Gasteiger partial charge in [-0.2, -0.15) is 5.10 Å². The van der Waals surface area contributed by atoms with Crippen LogP contribution in [0.3, 0.4) is 0 Å². The van der Waals surface area contributed by atoms with Crippen LogP contribution in [-0.2, 0) is 11.2 Å². The van der Waals surface area contributed by atoms with E-state index in [2.05, 4.69) is 26.0 Å². The van der Waals surface area contributed by atoms with Gasteiger partial charge in [0.2, 0.25) is 11.0 Å². The van der Waals surface area contributed by atoms with Gasteiger partial charge >= 0.3 is 0 Å². The molecular formula is C20H19N5O4S. The molecule has 10 heteroatoms. The van der Waals surface area contributed by atoms with Gasteiger partial charge < -0.3 is 9.84 Å². The number of nitrogens with one attached hydrogen (secondary N) is 2. The smallest absolute Gasteiger partial charge is 0.257 e. The number of phenols is 1. The number of aryl methyl sites for hydroxylation is 1. The van der Waals surface area contributed by atoms with Crippen LogP contribution in [0.2, 0.25) is 0 Å². The van der Waals surface area contributed by atoms with Gasteiger partial charge in [-0.1, -0.05) is 35.1 Å². The van der Waals surface area contributed by atoms with Crippen molar-refractivity contribution in [1.82, 2.24) is 15.6 Å². The molecule has 2 amide bonds. The number of rotatable bonds is 7. The summed E-state index contributed by atoms with van der Waals surface area (Å²) in [6, 6.07) is 12.1. The van der Waals surface area contributed by atoms with Crippen LogP contribution in [0.15, 0.2) is 47.6 Å². The number of aromatic hydroxyl groups is 1. The molecule has 0 fully saturated rings. The second-order valence-electron chi connectivity index (χ2n) is 6.19. The van der Waals surface area contributed by atoms with Gasteiger partial charge in [0.1, 0.15) is 5.01 Å². The van der Waals surface area contributed by atoms with Crippen molar-refractivity contribution in [1.29, 1.82) is 0 Å². The Bertz CT molecular complexity index is 1100. The van der Waals surface area contributed by atoms with Crippen LogP contribution in [0.1, 0.15) is 26.5 Å². The molecule has 0 atom stereocenters. The van der Waals surface area contributed by atoms with E-state index in [0.717, 1.165) is 16.9 Å². The van der Waals surface area contributed by atoms with Crippen LogP contribution >= 0.6 is 11.3 Å². The number of benzene rings is 2. The number of hydrazone groups is 1. The molecule has 0 aliphatic heterocycles. The molecule has 3 rings (SSSR count). The van der Waals surface area contributed by atoms with Crippen molar-refractivity contribution < 1.29 is 19.4 Å². The number of hydrogen-bond acceptors (Lipinski definition) is 8. The molecule has 9 nitrogen and oxygen atoms in total. The van der Waals surface area contributed by atoms with E-state index < -0.39 is 5.91 Å².